The number of hydrogen-bond donors (Lipinski definition) is 1. The van der Waals surface area contributed by atoms with Crippen molar-refractivity contribution < 1.29 is 5.11 Å². The van der Waals surface area contributed by atoms with Crippen molar-refractivity contribution >= 4 is 0 Å². The third kappa shape index (κ3) is 1.66. The number of hydrogen-bond acceptors (Lipinski definition) is 1. The van der Waals surface area contributed by atoms with Crippen LogP contribution in [0.25, 0.3) is 0 Å². The van der Waals surface area contributed by atoms with E-state index in [2.05, 4.69) is 26.0 Å². The first-order valence-corrected chi connectivity index (χ1v) is 5.71. The Balaban J connectivity index is 2.23. The molecule has 2 atom stereocenters. The second kappa shape index (κ2) is 3.54. The number of rotatable bonds is 1. The van der Waals surface area contributed by atoms with Gasteiger partial charge in [-0.15, -0.1) is 0 Å². The van der Waals surface area contributed by atoms with Gasteiger partial charge in [0.2, 0.25) is 0 Å². The van der Waals surface area contributed by atoms with Crippen LogP contribution in [-0.2, 0) is 0 Å². The molecule has 0 amide bonds. The highest BCUT2D eigenvalue weighted by Crippen LogP contribution is 2.47. The van der Waals surface area contributed by atoms with Crippen molar-refractivity contribution in [3.63, 3.8) is 0 Å². The minimum Gasteiger partial charge on any atom is -0.393 e. The van der Waals surface area contributed by atoms with Gasteiger partial charge >= 0.3 is 0 Å². The normalized spacial score (nSPS) is 37.2. The average molecular weight is 192 g/mol. The quantitative estimate of drug-likeness (QED) is 0.676. The van der Waals surface area contributed by atoms with Gasteiger partial charge in [0.1, 0.15) is 0 Å². The second-order valence-corrected chi connectivity index (χ2v) is 5.00. The van der Waals surface area contributed by atoms with Gasteiger partial charge in [-0.3, -0.25) is 0 Å². The van der Waals surface area contributed by atoms with E-state index in [4.69, 9.17) is 0 Å². The van der Waals surface area contributed by atoms with Gasteiger partial charge < -0.3 is 5.11 Å². The maximum Gasteiger partial charge on any atom is 0.0578 e. The summed E-state index contributed by atoms with van der Waals surface area (Å²) in [5.41, 5.74) is 3.39. The number of aliphatic hydroxyl groups is 1. The van der Waals surface area contributed by atoms with Crippen molar-refractivity contribution in [2.24, 2.45) is 5.41 Å². The number of allylic oxidation sites excluding steroid dienone is 3. The van der Waals surface area contributed by atoms with Gasteiger partial charge in [0.15, 0.2) is 0 Å². The summed E-state index contributed by atoms with van der Waals surface area (Å²) in [6, 6.07) is 0. The Morgan fingerprint density at radius 1 is 1.50 bits per heavy atom. The van der Waals surface area contributed by atoms with Gasteiger partial charge in [-0.1, -0.05) is 37.1 Å². The molecule has 0 heterocycles. The lowest BCUT2D eigenvalue weighted by Crippen LogP contribution is -2.31. The fourth-order valence-electron chi connectivity index (χ4n) is 2.74. The van der Waals surface area contributed by atoms with Gasteiger partial charge in [-0.05, 0) is 37.5 Å². The van der Waals surface area contributed by atoms with Gasteiger partial charge in [0.25, 0.3) is 0 Å². The molecule has 0 saturated heterocycles. The van der Waals surface area contributed by atoms with Crippen LogP contribution in [0.15, 0.2) is 23.3 Å². The van der Waals surface area contributed by atoms with Crippen molar-refractivity contribution in [1.29, 1.82) is 0 Å². The number of fused-ring (bicyclic) bond motifs is 1. The SMILES string of the molecule is CCC1=CC=C2C[C@@H](O)CCC2(C)C1. The Labute approximate surface area is 86.5 Å². The molecule has 0 bridgehead atoms. The molecule has 2 rings (SSSR count). The van der Waals surface area contributed by atoms with E-state index in [0.29, 0.717) is 5.41 Å². The molecule has 2 aliphatic carbocycles. The van der Waals surface area contributed by atoms with Crippen LogP contribution in [0.4, 0.5) is 0 Å². The van der Waals surface area contributed by atoms with Crippen LogP contribution in [0, 0.1) is 5.41 Å². The highest BCUT2D eigenvalue weighted by atomic mass is 16.3. The predicted octanol–water partition coefficient (Wildman–Crippen LogP) is 3.20. The average Bonchev–Trinajstić information content (AvgIpc) is 2.18. The fourth-order valence-corrected chi connectivity index (χ4v) is 2.74. The zero-order chi connectivity index (χ0) is 10.2. The molecule has 1 saturated carbocycles. The molecule has 0 aromatic carbocycles. The van der Waals surface area contributed by atoms with Crippen LogP contribution >= 0.6 is 0 Å². The molecule has 14 heavy (non-hydrogen) atoms. The van der Waals surface area contributed by atoms with E-state index in [1.165, 1.54) is 18.4 Å². The molecule has 78 valence electrons. The zero-order valence-corrected chi connectivity index (χ0v) is 9.21. The third-order valence-electron chi connectivity index (χ3n) is 3.85. The van der Waals surface area contributed by atoms with Gasteiger partial charge in [-0.2, -0.15) is 0 Å². The van der Waals surface area contributed by atoms with E-state index >= 15 is 0 Å². The van der Waals surface area contributed by atoms with Crippen LogP contribution in [0.5, 0.6) is 0 Å². The molecule has 0 aromatic heterocycles. The van der Waals surface area contributed by atoms with Gasteiger partial charge in [0, 0.05) is 0 Å². The van der Waals surface area contributed by atoms with Crippen LogP contribution < -0.4 is 0 Å². The molecule has 1 unspecified atom stereocenters. The van der Waals surface area contributed by atoms with Crippen molar-refractivity contribution in [2.45, 2.75) is 52.1 Å². The maximum atomic E-state index is 9.62. The summed E-state index contributed by atoms with van der Waals surface area (Å²) in [4.78, 5) is 0. The predicted molar refractivity (Wildman–Crippen MR) is 59.0 cm³/mol. The summed E-state index contributed by atoms with van der Waals surface area (Å²) in [5.74, 6) is 0. The standard InChI is InChI=1S/C13H20O/c1-3-10-4-5-11-8-12(14)6-7-13(11,2)9-10/h4-5,12,14H,3,6-9H2,1-2H3/t12-,13?/m0/s1. The summed E-state index contributed by atoms with van der Waals surface area (Å²) in [7, 11) is 0. The Bertz CT molecular complexity index is 288. The Kier molecular flexibility index (Phi) is 2.52. The van der Waals surface area contributed by atoms with Crippen molar-refractivity contribution in [1.82, 2.24) is 0 Å². The summed E-state index contributed by atoms with van der Waals surface area (Å²) >= 11 is 0. The van der Waals surface area contributed by atoms with Gasteiger partial charge in [-0.25, -0.2) is 0 Å². The van der Waals surface area contributed by atoms with E-state index in [0.717, 1.165) is 19.3 Å². The molecule has 0 radical (unpaired) electrons. The van der Waals surface area contributed by atoms with Crippen LogP contribution in [-0.4, -0.2) is 11.2 Å². The Morgan fingerprint density at radius 3 is 3.00 bits per heavy atom. The Hall–Kier alpha value is -0.560. The summed E-state index contributed by atoms with van der Waals surface area (Å²) in [5, 5.41) is 9.62. The van der Waals surface area contributed by atoms with E-state index in [-0.39, 0.29) is 6.10 Å². The molecule has 0 spiro atoms. The first-order chi connectivity index (χ1) is 6.64. The van der Waals surface area contributed by atoms with Crippen molar-refractivity contribution in [3.05, 3.63) is 23.3 Å². The molecule has 2 aliphatic rings. The zero-order valence-electron chi connectivity index (χ0n) is 9.21. The van der Waals surface area contributed by atoms with Crippen LogP contribution in [0.2, 0.25) is 0 Å². The highest BCUT2D eigenvalue weighted by molar-refractivity contribution is 5.32. The summed E-state index contributed by atoms with van der Waals surface area (Å²) in [6.07, 6.45) is 9.82. The van der Waals surface area contributed by atoms with E-state index in [1.807, 2.05) is 0 Å². The Morgan fingerprint density at radius 2 is 2.29 bits per heavy atom. The first kappa shape index (κ1) is 9.97. The molecule has 1 fully saturated rings. The van der Waals surface area contributed by atoms with E-state index in [1.54, 1.807) is 5.57 Å². The summed E-state index contributed by atoms with van der Waals surface area (Å²) in [6.45, 7) is 4.58. The lowest BCUT2D eigenvalue weighted by molar-refractivity contribution is 0.110. The summed E-state index contributed by atoms with van der Waals surface area (Å²) < 4.78 is 0. The van der Waals surface area contributed by atoms with Crippen molar-refractivity contribution in [3.8, 4) is 0 Å². The van der Waals surface area contributed by atoms with Crippen LogP contribution in [0.1, 0.15) is 46.0 Å². The second-order valence-electron chi connectivity index (χ2n) is 5.00. The molecule has 1 N–H and O–H groups in total. The topological polar surface area (TPSA) is 20.2 Å². The molecular formula is C13H20O. The van der Waals surface area contributed by atoms with Crippen LogP contribution in [0.3, 0.4) is 0 Å². The maximum absolute atomic E-state index is 9.62. The largest absolute Gasteiger partial charge is 0.393 e. The first-order valence-electron chi connectivity index (χ1n) is 5.71. The van der Waals surface area contributed by atoms with Gasteiger partial charge in [0.05, 0.1) is 6.10 Å². The van der Waals surface area contributed by atoms with E-state index < -0.39 is 0 Å². The fraction of sp³-hybridized carbons (Fsp3) is 0.692. The third-order valence-corrected chi connectivity index (χ3v) is 3.85. The highest BCUT2D eigenvalue weighted by Gasteiger charge is 2.36. The molecular weight excluding hydrogens is 172 g/mol. The smallest absolute Gasteiger partial charge is 0.0578 e. The lowest BCUT2D eigenvalue weighted by Gasteiger charge is -2.41. The lowest BCUT2D eigenvalue weighted by atomic mass is 9.65. The molecule has 0 aliphatic heterocycles. The monoisotopic (exact) mass is 192 g/mol. The molecule has 1 nitrogen and oxygen atoms in total. The minimum absolute atomic E-state index is 0.0918. The van der Waals surface area contributed by atoms with Crippen molar-refractivity contribution in [2.75, 3.05) is 0 Å². The molecule has 1 heteroatoms. The minimum atomic E-state index is -0.0918. The number of aliphatic hydroxyl groups excluding tert-OH is 1. The van der Waals surface area contributed by atoms with E-state index in [9.17, 15) is 5.11 Å². The molecule has 0 aromatic rings.